The van der Waals surface area contributed by atoms with Crippen molar-refractivity contribution in [1.82, 2.24) is 0 Å². The molecular weight excluding hydrogens is 288 g/mol. The van der Waals surface area contributed by atoms with Crippen molar-refractivity contribution >= 4 is 52.4 Å². The third-order valence-electron chi connectivity index (χ3n) is 1.98. The van der Waals surface area contributed by atoms with Crippen LogP contribution in [0.25, 0.3) is 0 Å². The van der Waals surface area contributed by atoms with Gasteiger partial charge in [-0.25, -0.2) is 4.79 Å². The van der Waals surface area contributed by atoms with Gasteiger partial charge >= 0.3 is 5.97 Å². The number of hydrogen-bond acceptors (Lipinski definition) is 2. The monoisotopic (exact) mass is 295 g/mol. The largest absolute Gasteiger partial charge is 0.478 e. The zero-order chi connectivity index (χ0) is 13.2. The predicted octanol–water partition coefficient (Wildman–Crippen LogP) is 3.00. The normalized spacial score (nSPS) is 11.1. The van der Waals surface area contributed by atoms with Crippen LogP contribution in [-0.4, -0.2) is 20.8 Å². The molecule has 0 spiro atoms. The van der Waals surface area contributed by atoms with Gasteiger partial charge in [0.1, 0.15) is 0 Å². The Morgan fingerprint density at radius 3 is 2.29 bits per heavy atom. The van der Waals surface area contributed by atoms with Crippen molar-refractivity contribution in [3.63, 3.8) is 0 Å². The molecule has 0 fully saturated rings. The van der Waals surface area contributed by atoms with Crippen LogP contribution < -0.4 is 5.32 Å². The first-order valence-electron chi connectivity index (χ1n) is 4.44. The van der Waals surface area contributed by atoms with Crippen LogP contribution >= 0.6 is 34.8 Å². The van der Waals surface area contributed by atoms with Gasteiger partial charge in [0.05, 0.1) is 5.56 Å². The summed E-state index contributed by atoms with van der Waals surface area (Å²) in [5, 5.41) is 11.1. The first kappa shape index (κ1) is 14.1. The molecule has 0 radical (unpaired) electrons. The molecule has 0 saturated heterocycles. The number of nitrogens with one attached hydrogen (secondary N) is 1. The summed E-state index contributed by atoms with van der Waals surface area (Å²) in [6, 6.07) is 4.20. The average Bonchev–Trinajstić information content (AvgIpc) is 2.19. The highest BCUT2D eigenvalue weighted by molar-refractivity contribution is 6.76. The summed E-state index contributed by atoms with van der Waals surface area (Å²) < 4.78 is -2.06. The van der Waals surface area contributed by atoms with Gasteiger partial charge in [0.15, 0.2) is 0 Å². The highest BCUT2D eigenvalue weighted by atomic mass is 35.6. The fourth-order valence-corrected chi connectivity index (χ4v) is 1.27. The van der Waals surface area contributed by atoms with Crippen molar-refractivity contribution in [2.24, 2.45) is 0 Å². The van der Waals surface area contributed by atoms with Crippen LogP contribution in [0.4, 0.5) is 5.69 Å². The van der Waals surface area contributed by atoms with Crippen molar-refractivity contribution in [1.29, 1.82) is 0 Å². The molecule has 0 unspecified atom stereocenters. The van der Waals surface area contributed by atoms with E-state index >= 15 is 0 Å². The molecule has 4 nitrogen and oxygen atoms in total. The molecule has 1 aromatic carbocycles. The molecule has 0 aliphatic carbocycles. The van der Waals surface area contributed by atoms with Gasteiger partial charge < -0.3 is 10.4 Å². The molecule has 0 saturated carbocycles. The van der Waals surface area contributed by atoms with Crippen molar-refractivity contribution in [2.75, 3.05) is 5.32 Å². The number of carbonyl (C=O) groups excluding carboxylic acids is 1. The lowest BCUT2D eigenvalue weighted by Gasteiger charge is -2.13. The summed E-state index contributed by atoms with van der Waals surface area (Å²) >= 11 is 16.2. The Kier molecular flexibility index (Phi) is 4.25. The molecule has 0 atom stereocenters. The summed E-state index contributed by atoms with van der Waals surface area (Å²) in [5.74, 6) is -1.85. The molecule has 7 heteroatoms. The van der Waals surface area contributed by atoms with Gasteiger partial charge in [0.25, 0.3) is 9.70 Å². The van der Waals surface area contributed by atoms with E-state index in [1.165, 1.54) is 18.2 Å². The second kappa shape index (κ2) is 5.12. The molecule has 0 bridgehead atoms. The number of aromatic carboxylic acids is 1. The summed E-state index contributed by atoms with van der Waals surface area (Å²) in [7, 11) is 0. The van der Waals surface area contributed by atoms with E-state index in [1.54, 1.807) is 6.92 Å². The van der Waals surface area contributed by atoms with Crippen LogP contribution in [0.15, 0.2) is 18.2 Å². The Bertz CT molecular complexity index is 468. The van der Waals surface area contributed by atoms with Crippen LogP contribution in [-0.2, 0) is 4.79 Å². The maximum Gasteiger partial charge on any atom is 0.335 e. The van der Waals surface area contributed by atoms with Gasteiger partial charge in [-0.3, -0.25) is 4.79 Å². The molecule has 92 valence electrons. The molecule has 1 aromatic rings. The lowest BCUT2D eigenvalue weighted by molar-refractivity contribution is -0.115. The van der Waals surface area contributed by atoms with Crippen LogP contribution in [0.3, 0.4) is 0 Å². The molecule has 0 aromatic heterocycles. The fraction of sp³-hybridized carbons (Fsp3) is 0.200. The second-order valence-electron chi connectivity index (χ2n) is 3.29. The lowest BCUT2D eigenvalue weighted by Crippen LogP contribution is -2.27. The third kappa shape index (κ3) is 3.77. The van der Waals surface area contributed by atoms with E-state index in [0.717, 1.165) is 0 Å². The molecule has 1 rings (SSSR count). The lowest BCUT2D eigenvalue weighted by atomic mass is 10.1. The third-order valence-corrected chi connectivity index (χ3v) is 2.49. The summed E-state index contributed by atoms with van der Waals surface area (Å²) in [6.07, 6.45) is 0. The topological polar surface area (TPSA) is 66.4 Å². The van der Waals surface area contributed by atoms with Crippen molar-refractivity contribution in [3.05, 3.63) is 29.3 Å². The second-order valence-corrected chi connectivity index (χ2v) is 5.57. The molecule has 1 amide bonds. The van der Waals surface area contributed by atoms with E-state index in [9.17, 15) is 9.59 Å². The first-order valence-corrected chi connectivity index (χ1v) is 5.57. The molecule has 0 aliphatic rings. The number of rotatable bonds is 2. The number of alkyl halides is 3. The smallest absolute Gasteiger partial charge is 0.335 e. The van der Waals surface area contributed by atoms with Gasteiger partial charge in [-0.2, -0.15) is 0 Å². The zero-order valence-corrected chi connectivity index (χ0v) is 10.9. The quantitative estimate of drug-likeness (QED) is 0.824. The van der Waals surface area contributed by atoms with Crippen LogP contribution in [0.2, 0.25) is 0 Å². The van der Waals surface area contributed by atoms with E-state index in [2.05, 4.69) is 5.32 Å². The van der Waals surface area contributed by atoms with Crippen molar-refractivity contribution < 1.29 is 14.7 Å². The van der Waals surface area contributed by atoms with Gasteiger partial charge in [-0.1, -0.05) is 34.8 Å². The van der Waals surface area contributed by atoms with Crippen LogP contribution in [0, 0.1) is 6.92 Å². The first-order chi connectivity index (χ1) is 7.71. The van der Waals surface area contributed by atoms with Gasteiger partial charge in [0, 0.05) is 5.69 Å². The minimum absolute atomic E-state index is 0.120. The molecular formula is C10H8Cl3NO3. The van der Waals surface area contributed by atoms with Crippen LogP contribution in [0.5, 0.6) is 0 Å². The highest BCUT2D eigenvalue weighted by Gasteiger charge is 2.30. The molecule has 0 aliphatic heterocycles. The van der Waals surface area contributed by atoms with Crippen LogP contribution in [0.1, 0.15) is 15.9 Å². The summed E-state index contributed by atoms with van der Waals surface area (Å²) in [6.45, 7) is 1.64. The molecule has 17 heavy (non-hydrogen) atoms. The van der Waals surface area contributed by atoms with E-state index in [4.69, 9.17) is 39.9 Å². The maximum atomic E-state index is 11.4. The minimum atomic E-state index is -2.06. The number of anilines is 1. The molecule has 0 heterocycles. The number of benzene rings is 1. The maximum absolute atomic E-state index is 11.4. The summed E-state index contributed by atoms with van der Waals surface area (Å²) in [5.41, 5.74) is 1.08. The number of hydrogen-bond donors (Lipinski definition) is 2. The number of aryl methyl sites for hydroxylation is 1. The number of amides is 1. The Hall–Kier alpha value is -0.970. The number of carboxylic acid groups (broad SMARTS) is 1. The van der Waals surface area contributed by atoms with Crippen molar-refractivity contribution in [3.8, 4) is 0 Å². The Morgan fingerprint density at radius 2 is 1.88 bits per heavy atom. The Labute approximate surface area is 112 Å². The van der Waals surface area contributed by atoms with E-state index in [-0.39, 0.29) is 5.56 Å². The number of carbonyl (C=O) groups is 2. The minimum Gasteiger partial charge on any atom is -0.478 e. The standard InChI is InChI=1S/C10H8Cl3NO3/c1-5-4-6(8(15)16)2-3-7(5)14-9(17)10(11,12)13/h2-4H,1H3,(H,14,17)(H,15,16). The Morgan fingerprint density at radius 1 is 1.29 bits per heavy atom. The highest BCUT2D eigenvalue weighted by Crippen LogP contribution is 2.28. The van der Waals surface area contributed by atoms with Gasteiger partial charge in [0.2, 0.25) is 0 Å². The Balaban J connectivity index is 2.95. The number of carboxylic acids is 1. The van der Waals surface area contributed by atoms with E-state index in [0.29, 0.717) is 11.3 Å². The zero-order valence-electron chi connectivity index (χ0n) is 8.63. The van der Waals surface area contributed by atoms with Gasteiger partial charge in [-0.15, -0.1) is 0 Å². The predicted molar refractivity (Wildman–Crippen MR) is 67.1 cm³/mol. The molecule has 2 N–H and O–H groups in total. The fourth-order valence-electron chi connectivity index (χ4n) is 1.13. The van der Waals surface area contributed by atoms with E-state index in [1.807, 2.05) is 0 Å². The summed E-state index contributed by atoms with van der Waals surface area (Å²) in [4.78, 5) is 22.1. The van der Waals surface area contributed by atoms with Crippen molar-refractivity contribution in [2.45, 2.75) is 10.7 Å². The average molecular weight is 297 g/mol. The number of halogens is 3. The SMILES string of the molecule is Cc1cc(C(=O)O)ccc1NC(=O)C(Cl)(Cl)Cl. The van der Waals surface area contributed by atoms with E-state index < -0.39 is 15.7 Å². The van der Waals surface area contributed by atoms with Gasteiger partial charge in [-0.05, 0) is 30.7 Å².